The number of carbonyl (C=O) groups excluding carboxylic acids is 1. The van der Waals surface area contributed by atoms with Gasteiger partial charge in [-0.15, -0.1) is 0 Å². The fourth-order valence-electron chi connectivity index (χ4n) is 3.01. The highest BCUT2D eigenvalue weighted by atomic mass is 16.5. The van der Waals surface area contributed by atoms with Crippen LogP contribution in [0.2, 0.25) is 0 Å². The number of benzene rings is 1. The van der Waals surface area contributed by atoms with E-state index in [0.717, 1.165) is 37.4 Å². The van der Waals surface area contributed by atoms with E-state index in [1.54, 1.807) is 0 Å². The second-order valence-corrected chi connectivity index (χ2v) is 5.62. The molecule has 1 unspecified atom stereocenters. The quantitative estimate of drug-likeness (QED) is 0.797. The first kappa shape index (κ1) is 14.1. The molecule has 0 aliphatic carbocycles. The Kier molecular flexibility index (Phi) is 4.25. The van der Waals surface area contributed by atoms with Crippen LogP contribution in [0.4, 0.5) is 0 Å². The first-order valence-electron chi connectivity index (χ1n) is 7.67. The molecular formula is C17H22N2O2. The van der Waals surface area contributed by atoms with E-state index in [4.69, 9.17) is 4.74 Å². The van der Waals surface area contributed by atoms with Crippen LogP contribution < -0.4 is 4.74 Å². The van der Waals surface area contributed by atoms with Crippen LogP contribution in [0.3, 0.4) is 0 Å². The molecule has 0 aromatic heterocycles. The summed E-state index contributed by atoms with van der Waals surface area (Å²) in [6.07, 6.45) is 5.21. The monoisotopic (exact) mass is 286 g/mol. The zero-order valence-corrected chi connectivity index (χ0v) is 12.5. The van der Waals surface area contributed by atoms with Crippen molar-refractivity contribution >= 4 is 5.91 Å². The highest BCUT2D eigenvalue weighted by molar-refractivity contribution is 5.79. The molecule has 2 aliphatic rings. The van der Waals surface area contributed by atoms with Crippen molar-refractivity contribution in [2.24, 2.45) is 0 Å². The van der Waals surface area contributed by atoms with Gasteiger partial charge in [0.15, 0.2) is 0 Å². The number of carbonyl (C=O) groups is 1. The zero-order valence-electron chi connectivity index (χ0n) is 12.5. The van der Waals surface area contributed by atoms with E-state index in [2.05, 4.69) is 30.0 Å². The van der Waals surface area contributed by atoms with E-state index in [1.165, 1.54) is 0 Å². The van der Waals surface area contributed by atoms with Crippen LogP contribution in [0, 0.1) is 0 Å². The van der Waals surface area contributed by atoms with Crippen LogP contribution >= 0.6 is 0 Å². The predicted molar refractivity (Wildman–Crippen MR) is 82.1 cm³/mol. The molecule has 2 aliphatic heterocycles. The van der Waals surface area contributed by atoms with E-state index < -0.39 is 0 Å². The fourth-order valence-corrected chi connectivity index (χ4v) is 3.01. The Morgan fingerprint density at radius 2 is 2.24 bits per heavy atom. The van der Waals surface area contributed by atoms with Gasteiger partial charge in [0.1, 0.15) is 12.4 Å². The Morgan fingerprint density at radius 3 is 3.10 bits per heavy atom. The Hall–Kier alpha value is -1.81. The molecule has 1 atom stereocenters. The maximum absolute atomic E-state index is 12.5. The van der Waals surface area contributed by atoms with Gasteiger partial charge in [0.25, 0.3) is 0 Å². The molecule has 112 valence electrons. The van der Waals surface area contributed by atoms with Crippen LogP contribution in [0.1, 0.15) is 18.9 Å². The molecule has 0 N–H and O–H groups in total. The highest BCUT2D eigenvalue weighted by Gasteiger charge is 2.25. The molecule has 4 nitrogen and oxygen atoms in total. The van der Waals surface area contributed by atoms with E-state index in [0.29, 0.717) is 13.2 Å². The number of hydrogen-bond acceptors (Lipinski definition) is 3. The summed E-state index contributed by atoms with van der Waals surface area (Å²) >= 11 is 0. The standard InChI is InChI=1S/C17H22N2O2/c1-2-15-7-5-9-19(15)17(20)13-18-10-11-21-16-8-4-3-6-14(16)12-18/h3-8,15H,2,9-13H2,1H3. The summed E-state index contributed by atoms with van der Waals surface area (Å²) in [6.45, 7) is 5.54. The Bertz CT molecular complexity index is 541. The van der Waals surface area contributed by atoms with Gasteiger partial charge in [-0.05, 0) is 12.5 Å². The molecule has 1 aromatic rings. The number of fused-ring (bicyclic) bond motifs is 1. The minimum absolute atomic E-state index is 0.214. The van der Waals surface area contributed by atoms with E-state index >= 15 is 0 Å². The lowest BCUT2D eigenvalue weighted by Crippen LogP contribution is -2.43. The first-order valence-corrected chi connectivity index (χ1v) is 7.67. The van der Waals surface area contributed by atoms with Crippen LogP contribution in [0.15, 0.2) is 36.4 Å². The van der Waals surface area contributed by atoms with E-state index in [-0.39, 0.29) is 11.9 Å². The van der Waals surface area contributed by atoms with Crippen molar-refractivity contribution in [1.82, 2.24) is 9.80 Å². The lowest BCUT2D eigenvalue weighted by molar-refractivity contribution is -0.133. The van der Waals surface area contributed by atoms with Gasteiger partial charge in [-0.1, -0.05) is 37.3 Å². The van der Waals surface area contributed by atoms with Gasteiger partial charge >= 0.3 is 0 Å². The topological polar surface area (TPSA) is 32.8 Å². The molecule has 1 aromatic carbocycles. The summed E-state index contributed by atoms with van der Waals surface area (Å²) in [6, 6.07) is 8.35. The molecule has 0 radical (unpaired) electrons. The maximum atomic E-state index is 12.5. The molecule has 2 heterocycles. The predicted octanol–water partition coefficient (Wildman–Crippen LogP) is 2.06. The van der Waals surface area contributed by atoms with Crippen LogP contribution in [-0.2, 0) is 11.3 Å². The largest absolute Gasteiger partial charge is 0.492 e. The number of para-hydroxylation sites is 1. The Labute approximate surface area is 126 Å². The van der Waals surface area contributed by atoms with Crippen molar-refractivity contribution < 1.29 is 9.53 Å². The number of amides is 1. The third kappa shape index (κ3) is 3.10. The minimum Gasteiger partial charge on any atom is -0.492 e. The van der Waals surface area contributed by atoms with Crippen molar-refractivity contribution in [3.05, 3.63) is 42.0 Å². The van der Waals surface area contributed by atoms with Crippen LogP contribution in [-0.4, -0.2) is 48.0 Å². The molecule has 3 rings (SSSR count). The average Bonchev–Trinajstić information content (AvgIpc) is 2.88. The summed E-state index contributed by atoms with van der Waals surface area (Å²) in [5, 5.41) is 0. The average molecular weight is 286 g/mol. The molecule has 4 heteroatoms. The van der Waals surface area contributed by atoms with E-state index in [9.17, 15) is 4.79 Å². The van der Waals surface area contributed by atoms with Crippen molar-refractivity contribution in [2.75, 3.05) is 26.2 Å². The Morgan fingerprint density at radius 1 is 1.38 bits per heavy atom. The molecule has 0 spiro atoms. The summed E-state index contributed by atoms with van der Waals surface area (Å²) in [5.41, 5.74) is 1.16. The number of ether oxygens (including phenoxy) is 1. The first-order chi connectivity index (χ1) is 10.3. The van der Waals surface area contributed by atoms with Gasteiger partial charge in [-0.3, -0.25) is 9.69 Å². The molecule has 0 bridgehead atoms. The van der Waals surface area contributed by atoms with Crippen LogP contribution in [0.5, 0.6) is 5.75 Å². The van der Waals surface area contributed by atoms with Gasteiger partial charge in [-0.25, -0.2) is 0 Å². The number of rotatable bonds is 3. The van der Waals surface area contributed by atoms with Gasteiger partial charge in [0, 0.05) is 25.2 Å². The summed E-state index contributed by atoms with van der Waals surface area (Å²) in [4.78, 5) is 16.7. The summed E-state index contributed by atoms with van der Waals surface area (Å²) in [7, 11) is 0. The van der Waals surface area contributed by atoms with Crippen molar-refractivity contribution in [3.63, 3.8) is 0 Å². The molecular weight excluding hydrogens is 264 g/mol. The van der Waals surface area contributed by atoms with Crippen molar-refractivity contribution in [1.29, 1.82) is 0 Å². The summed E-state index contributed by atoms with van der Waals surface area (Å²) < 4.78 is 5.75. The van der Waals surface area contributed by atoms with Gasteiger partial charge in [-0.2, -0.15) is 0 Å². The lowest BCUT2D eigenvalue weighted by Gasteiger charge is -2.27. The summed E-state index contributed by atoms with van der Waals surface area (Å²) in [5.74, 6) is 1.16. The SMILES string of the molecule is CCC1C=CCN1C(=O)CN1CCOc2ccccc2C1. The maximum Gasteiger partial charge on any atom is 0.237 e. The van der Waals surface area contributed by atoms with Crippen molar-refractivity contribution in [3.8, 4) is 5.75 Å². The zero-order chi connectivity index (χ0) is 14.7. The van der Waals surface area contributed by atoms with Gasteiger partial charge < -0.3 is 9.64 Å². The second-order valence-electron chi connectivity index (χ2n) is 5.62. The molecule has 1 amide bonds. The fraction of sp³-hybridized carbons (Fsp3) is 0.471. The Balaban J connectivity index is 1.64. The molecule has 0 saturated carbocycles. The number of nitrogens with zero attached hydrogens (tertiary/aromatic N) is 2. The lowest BCUT2D eigenvalue weighted by atomic mass is 10.2. The highest BCUT2D eigenvalue weighted by Crippen LogP contribution is 2.22. The van der Waals surface area contributed by atoms with Crippen molar-refractivity contribution in [2.45, 2.75) is 25.9 Å². The van der Waals surface area contributed by atoms with Gasteiger partial charge in [0.2, 0.25) is 5.91 Å². The van der Waals surface area contributed by atoms with E-state index in [1.807, 2.05) is 23.1 Å². The molecule has 0 fully saturated rings. The van der Waals surface area contributed by atoms with Crippen LogP contribution in [0.25, 0.3) is 0 Å². The third-order valence-electron chi connectivity index (χ3n) is 4.19. The molecule has 0 saturated heterocycles. The van der Waals surface area contributed by atoms with Gasteiger partial charge in [0.05, 0.1) is 12.6 Å². The smallest absolute Gasteiger partial charge is 0.237 e. The minimum atomic E-state index is 0.214. The molecule has 21 heavy (non-hydrogen) atoms. The second kappa shape index (κ2) is 6.31. The number of hydrogen-bond donors (Lipinski definition) is 0. The normalized spacial score (nSPS) is 21.8. The third-order valence-corrected chi connectivity index (χ3v) is 4.19.